The highest BCUT2D eigenvalue weighted by Crippen LogP contribution is 2.10. The second kappa shape index (κ2) is 8.17. The molecule has 1 aromatic rings. The fourth-order valence-electron chi connectivity index (χ4n) is 2.38. The van der Waals surface area contributed by atoms with Crippen molar-refractivity contribution in [1.82, 2.24) is 16.0 Å². The smallest absolute Gasteiger partial charge is 0.322 e. The third-order valence-electron chi connectivity index (χ3n) is 3.71. The Bertz CT molecular complexity index is 562. The van der Waals surface area contributed by atoms with Gasteiger partial charge in [-0.2, -0.15) is 0 Å². The highest BCUT2D eigenvalue weighted by atomic mass is 16.2. The molecule has 4 amide bonds. The second-order valence-corrected chi connectivity index (χ2v) is 5.51. The van der Waals surface area contributed by atoms with Gasteiger partial charge in [0.2, 0.25) is 5.91 Å². The number of nitrogens with zero attached hydrogens (tertiary/aromatic N) is 1. The first kappa shape index (κ1) is 16.8. The van der Waals surface area contributed by atoms with Crippen molar-refractivity contribution >= 4 is 23.5 Å². The molecule has 3 N–H and O–H groups in total. The molecule has 0 spiro atoms. The number of hydrogen-bond acceptors (Lipinski definition) is 4. The summed E-state index contributed by atoms with van der Waals surface area (Å²) in [5, 5.41) is 7.45. The van der Waals surface area contributed by atoms with Crippen molar-refractivity contribution in [2.24, 2.45) is 0 Å². The molecule has 1 fully saturated rings. The summed E-state index contributed by atoms with van der Waals surface area (Å²) in [4.78, 5) is 36.2. The van der Waals surface area contributed by atoms with Gasteiger partial charge in [0.25, 0.3) is 5.91 Å². The van der Waals surface area contributed by atoms with Gasteiger partial charge in [-0.25, -0.2) is 4.79 Å². The number of anilines is 1. The third kappa shape index (κ3) is 5.28. The van der Waals surface area contributed by atoms with Crippen LogP contribution < -0.4 is 20.9 Å². The van der Waals surface area contributed by atoms with Crippen LogP contribution in [0.3, 0.4) is 0 Å². The monoisotopic (exact) mass is 318 g/mol. The van der Waals surface area contributed by atoms with Gasteiger partial charge >= 0.3 is 6.03 Å². The maximum Gasteiger partial charge on any atom is 0.322 e. The first-order valence-corrected chi connectivity index (χ1v) is 7.70. The van der Waals surface area contributed by atoms with E-state index in [1.54, 1.807) is 0 Å². The number of para-hydroxylation sites is 1. The number of hydrogen-bond donors (Lipinski definition) is 3. The van der Waals surface area contributed by atoms with E-state index in [0.29, 0.717) is 13.0 Å². The summed E-state index contributed by atoms with van der Waals surface area (Å²) < 4.78 is 0. The first-order chi connectivity index (χ1) is 11.1. The molecule has 1 heterocycles. The Kier molecular flexibility index (Phi) is 5.96. The molecule has 1 aromatic carbocycles. The predicted molar refractivity (Wildman–Crippen MR) is 87.0 cm³/mol. The molecule has 2 rings (SSSR count). The normalized spacial score (nSPS) is 16.7. The molecular formula is C16H22N4O3. The lowest BCUT2D eigenvalue weighted by molar-refractivity contribution is -0.122. The summed E-state index contributed by atoms with van der Waals surface area (Å²) in [6.45, 7) is 1.42. The Balaban J connectivity index is 1.58. The van der Waals surface area contributed by atoms with Crippen LogP contribution in [0.4, 0.5) is 10.5 Å². The molecular weight excluding hydrogens is 296 g/mol. The van der Waals surface area contributed by atoms with Crippen LogP contribution in [0.25, 0.3) is 0 Å². The van der Waals surface area contributed by atoms with Crippen molar-refractivity contribution in [2.45, 2.75) is 25.3 Å². The summed E-state index contributed by atoms with van der Waals surface area (Å²) >= 11 is 0. The van der Waals surface area contributed by atoms with Crippen molar-refractivity contribution in [1.29, 1.82) is 0 Å². The number of rotatable bonds is 8. The van der Waals surface area contributed by atoms with E-state index in [9.17, 15) is 14.4 Å². The van der Waals surface area contributed by atoms with Crippen molar-refractivity contribution < 1.29 is 14.4 Å². The zero-order valence-electron chi connectivity index (χ0n) is 13.2. The zero-order valence-corrected chi connectivity index (χ0v) is 13.2. The van der Waals surface area contributed by atoms with Crippen LogP contribution in [0.2, 0.25) is 0 Å². The summed E-state index contributed by atoms with van der Waals surface area (Å²) in [6.07, 6.45) is 1.36. The van der Waals surface area contributed by atoms with E-state index >= 15 is 0 Å². The number of amides is 4. The SMILES string of the molecule is CN(CCCNC(=O)CCC1NC(=O)NC1=O)c1ccccc1. The average Bonchev–Trinajstić information content (AvgIpc) is 2.88. The topological polar surface area (TPSA) is 90.5 Å². The molecule has 1 aliphatic heterocycles. The number of benzene rings is 1. The average molecular weight is 318 g/mol. The fraction of sp³-hybridized carbons (Fsp3) is 0.438. The summed E-state index contributed by atoms with van der Waals surface area (Å²) in [5.74, 6) is -0.478. The maximum atomic E-state index is 11.7. The van der Waals surface area contributed by atoms with E-state index in [0.717, 1.165) is 18.7 Å². The van der Waals surface area contributed by atoms with E-state index in [4.69, 9.17) is 0 Å². The third-order valence-corrected chi connectivity index (χ3v) is 3.71. The molecule has 124 valence electrons. The maximum absolute atomic E-state index is 11.7. The Morgan fingerprint density at radius 2 is 2.00 bits per heavy atom. The number of nitrogens with one attached hydrogen (secondary N) is 3. The molecule has 1 saturated heterocycles. The molecule has 0 saturated carbocycles. The summed E-state index contributed by atoms with van der Waals surface area (Å²) in [6, 6.07) is 8.95. The van der Waals surface area contributed by atoms with Crippen molar-refractivity contribution in [2.75, 3.05) is 25.0 Å². The van der Waals surface area contributed by atoms with Crippen molar-refractivity contribution in [3.63, 3.8) is 0 Å². The minimum absolute atomic E-state index is 0.110. The highest BCUT2D eigenvalue weighted by Gasteiger charge is 2.29. The van der Waals surface area contributed by atoms with E-state index in [2.05, 4.69) is 20.9 Å². The Hall–Kier alpha value is -2.57. The molecule has 1 atom stereocenters. The van der Waals surface area contributed by atoms with Crippen molar-refractivity contribution in [3.8, 4) is 0 Å². The molecule has 0 bridgehead atoms. The van der Waals surface area contributed by atoms with Crippen LogP contribution >= 0.6 is 0 Å². The van der Waals surface area contributed by atoms with E-state index in [1.807, 2.05) is 37.4 Å². The number of carbonyl (C=O) groups is 3. The van der Waals surface area contributed by atoms with Crippen LogP contribution in [0.15, 0.2) is 30.3 Å². The molecule has 1 unspecified atom stereocenters. The highest BCUT2D eigenvalue weighted by molar-refractivity contribution is 6.04. The van der Waals surface area contributed by atoms with Gasteiger partial charge in [-0.15, -0.1) is 0 Å². The molecule has 0 aliphatic carbocycles. The van der Waals surface area contributed by atoms with Crippen molar-refractivity contribution in [3.05, 3.63) is 30.3 Å². The summed E-state index contributed by atoms with van der Waals surface area (Å²) in [7, 11) is 2.01. The number of carbonyl (C=O) groups excluding carboxylic acids is 3. The van der Waals surface area contributed by atoms with E-state index in [1.165, 1.54) is 0 Å². The van der Waals surface area contributed by atoms with Gasteiger partial charge < -0.3 is 15.5 Å². The van der Waals surface area contributed by atoms with Gasteiger partial charge in [-0.05, 0) is 25.0 Å². The van der Waals surface area contributed by atoms with Gasteiger partial charge in [0.1, 0.15) is 6.04 Å². The molecule has 7 heteroatoms. The number of urea groups is 1. The van der Waals surface area contributed by atoms with Gasteiger partial charge in [-0.1, -0.05) is 18.2 Å². The van der Waals surface area contributed by atoms with Crippen LogP contribution in [-0.4, -0.2) is 44.0 Å². The second-order valence-electron chi connectivity index (χ2n) is 5.51. The predicted octanol–water partition coefficient (Wildman–Crippen LogP) is 0.617. The summed E-state index contributed by atoms with van der Waals surface area (Å²) in [5.41, 5.74) is 1.14. The van der Waals surface area contributed by atoms with E-state index in [-0.39, 0.29) is 18.2 Å². The minimum Gasteiger partial charge on any atom is -0.375 e. The fourth-order valence-corrected chi connectivity index (χ4v) is 2.38. The quantitative estimate of drug-likeness (QED) is 0.484. The Morgan fingerprint density at radius 3 is 2.65 bits per heavy atom. The van der Waals surface area contributed by atoms with E-state index < -0.39 is 12.1 Å². The van der Waals surface area contributed by atoms with Gasteiger partial charge in [0, 0.05) is 32.2 Å². The van der Waals surface area contributed by atoms with Gasteiger partial charge in [0.15, 0.2) is 0 Å². The van der Waals surface area contributed by atoms with Crippen LogP contribution in [0.5, 0.6) is 0 Å². The van der Waals surface area contributed by atoms with Crippen LogP contribution in [0.1, 0.15) is 19.3 Å². The molecule has 23 heavy (non-hydrogen) atoms. The lowest BCUT2D eigenvalue weighted by Crippen LogP contribution is -2.32. The standard InChI is InChI=1S/C16H22N4O3/c1-20(12-6-3-2-4-7-12)11-5-10-17-14(21)9-8-13-15(22)19-16(23)18-13/h2-4,6-7,13H,5,8-11H2,1H3,(H,17,21)(H2,18,19,22,23). The Labute approximate surface area is 135 Å². The molecule has 0 radical (unpaired) electrons. The van der Waals surface area contributed by atoms with Gasteiger partial charge in [-0.3, -0.25) is 14.9 Å². The lowest BCUT2D eigenvalue weighted by Gasteiger charge is -2.19. The Morgan fingerprint density at radius 1 is 1.26 bits per heavy atom. The molecule has 0 aromatic heterocycles. The minimum atomic E-state index is -0.600. The van der Waals surface area contributed by atoms with Crippen LogP contribution in [-0.2, 0) is 9.59 Å². The number of imide groups is 1. The lowest BCUT2D eigenvalue weighted by atomic mass is 10.1. The van der Waals surface area contributed by atoms with Gasteiger partial charge in [0.05, 0.1) is 0 Å². The molecule has 7 nitrogen and oxygen atoms in total. The van der Waals surface area contributed by atoms with Crippen LogP contribution in [0, 0.1) is 0 Å². The zero-order chi connectivity index (χ0) is 16.7. The molecule has 1 aliphatic rings. The largest absolute Gasteiger partial charge is 0.375 e. The first-order valence-electron chi connectivity index (χ1n) is 7.70.